The lowest BCUT2D eigenvalue weighted by Crippen LogP contribution is -2.43. The van der Waals surface area contributed by atoms with Crippen LogP contribution in [0.3, 0.4) is 0 Å². The van der Waals surface area contributed by atoms with Crippen molar-refractivity contribution in [3.8, 4) is 5.75 Å². The average molecular weight is 456 g/mol. The van der Waals surface area contributed by atoms with Crippen LogP contribution in [0, 0.1) is 11.8 Å². The van der Waals surface area contributed by atoms with E-state index in [-0.39, 0.29) is 18.3 Å². The number of rotatable bonds is 8. The van der Waals surface area contributed by atoms with E-state index in [1.807, 2.05) is 38.1 Å². The van der Waals surface area contributed by atoms with Gasteiger partial charge in [-0.1, -0.05) is 38.5 Å². The average Bonchev–Trinajstić information content (AvgIpc) is 2.78. The first kappa shape index (κ1) is 24.6. The van der Waals surface area contributed by atoms with Crippen molar-refractivity contribution in [1.29, 1.82) is 0 Å². The number of methoxy groups -OCH3 is 1. The van der Waals surface area contributed by atoms with Crippen molar-refractivity contribution in [2.24, 2.45) is 11.8 Å². The zero-order valence-electron chi connectivity index (χ0n) is 20.0. The molecule has 0 fully saturated rings. The van der Waals surface area contributed by atoms with Crippen molar-refractivity contribution in [3.63, 3.8) is 0 Å². The van der Waals surface area contributed by atoms with E-state index in [9.17, 15) is 14.4 Å². The maximum absolute atomic E-state index is 13.7. The Labute approximate surface area is 195 Å². The number of Topliss-reactive ketones (excluding diaryl/α,β-unsaturated/α-hetero) is 1. The minimum absolute atomic E-state index is 0.207. The lowest BCUT2D eigenvalue weighted by Gasteiger charge is -2.38. The third-order valence-electron chi connectivity index (χ3n) is 6.22. The second-order valence-corrected chi connectivity index (χ2v) is 8.50. The van der Waals surface area contributed by atoms with Gasteiger partial charge in [-0.15, -0.1) is 0 Å². The number of carbonyl (C=O) groups excluding carboxylic acids is 3. The summed E-state index contributed by atoms with van der Waals surface area (Å²) in [6.07, 6.45) is 2.35. The van der Waals surface area contributed by atoms with Gasteiger partial charge in [0.2, 0.25) is 0 Å². The monoisotopic (exact) mass is 455 g/mol. The number of ketones is 1. The van der Waals surface area contributed by atoms with Crippen molar-refractivity contribution in [2.45, 2.75) is 52.9 Å². The molecule has 0 amide bonds. The number of esters is 2. The molecule has 33 heavy (non-hydrogen) atoms. The summed E-state index contributed by atoms with van der Waals surface area (Å²) in [4.78, 5) is 39.4. The van der Waals surface area contributed by atoms with Crippen molar-refractivity contribution in [3.05, 3.63) is 52.4 Å². The van der Waals surface area contributed by atoms with Gasteiger partial charge >= 0.3 is 11.9 Å². The highest BCUT2D eigenvalue weighted by Gasteiger charge is 2.47. The van der Waals surface area contributed by atoms with Crippen LogP contribution >= 0.6 is 0 Å². The topological polar surface area (TPSA) is 90.9 Å². The lowest BCUT2D eigenvalue weighted by atomic mass is 9.69. The van der Waals surface area contributed by atoms with E-state index in [1.54, 1.807) is 6.92 Å². The van der Waals surface area contributed by atoms with Crippen molar-refractivity contribution < 1.29 is 28.6 Å². The number of nitrogens with one attached hydrogen (secondary N) is 1. The summed E-state index contributed by atoms with van der Waals surface area (Å²) >= 11 is 0. The zero-order valence-corrected chi connectivity index (χ0v) is 20.0. The highest BCUT2D eigenvalue weighted by atomic mass is 16.5. The zero-order chi connectivity index (χ0) is 24.1. The summed E-state index contributed by atoms with van der Waals surface area (Å²) in [5.41, 5.74) is 2.83. The number of hydrogen-bond acceptors (Lipinski definition) is 7. The molecule has 0 unspecified atom stereocenters. The van der Waals surface area contributed by atoms with Gasteiger partial charge in [0.05, 0.1) is 31.8 Å². The van der Waals surface area contributed by atoms with Gasteiger partial charge in [-0.3, -0.25) is 9.59 Å². The van der Waals surface area contributed by atoms with E-state index in [2.05, 4.69) is 12.2 Å². The number of para-hydroxylation sites is 1. The second kappa shape index (κ2) is 10.7. The third-order valence-corrected chi connectivity index (χ3v) is 6.22. The Morgan fingerprint density at radius 1 is 1.18 bits per heavy atom. The van der Waals surface area contributed by atoms with Crippen molar-refractivity contribution in [2.75, 3.05) is 20.3 Å². The fourth-order valence-corrected chi connectivity index (χ4v) is 4.65. The lowest BCUT2D eigenvalue weighted by molar-refractivity contribution is -0.151. The largest absolute Gasteiger partial charge is 0.493 e. The highest BCUT2D eigenvalue weighted by molar-refractivity contribution is 6.12. The van der Waals surface area contributed by atoms with Crippen LogP contribution in [0.15, 0.2) is 46.8 Å². The fourth-order valence-electron chi connectivity index (χ4n) is 4.65. The Bertz CT molecular complexity index is 992. The van der Waals surface area contributed by atoms with Gasteiger partial charge in [0.1, 0.15) is 11.7 Å². The number of carbonyl (C=O) groups is 3. The summed E-state index contributed by atoms with van der Waals surface area (Å²) in [5, 5.41) is 3.26. The molecule has 1 N–H and O–H groups in total. The first-order valence-corrected chi connectivity index (χ1v) is 11.6. The van der Waals surface area contributed by atoms with Crippen LogP contribution in [0.4, 0.5) is 0 Å². The van der Waals surface area contributed by atoms with E-state index in [0.717, 1.165) is 18.5 Å². The predicted molar refractivity (Wildman–Crippen MR) is 123 cm³/mol. The van der Waals surface area contributed by atoms with Gasteiger partial charge in [-0.2, -0.15) is 0 Å². The molecule has 178 valence electrons. The van der Waals surface area contributed by atoms with Gasteiger partial charge in [0.15, 0.2) is 5.78 Å². The van der Waals surface area contributed by atoms with Crippen LogP contribution in [-0.2, 0) is 23.9 Å². The van der Waals surface area contributed by atoms with Gasteiger partial charge in [-0.25, -0.2) is 4.79 Å². The van der Waals surface area contributed by atoms with Gasteiger partial charge in [-0.05, 0) is 38.7 Å². The molecule has 0 spiro atoms. The molecular formula is C26H33NO6. The van der Waals surface area contributed by atoms with E-state index < -0.39 is 23.8 Å². The smallest absolute Gasteiger partial charge is 0.336 e. The summed E-state index contributed by atoms with van der Waals surface area (Å²) < 4.78 is 16.4. The van der Waals surface area contributed by atoms with Gasteiger partial charge in [0.25, 0.3) is 0 Å². The van der Waals surface area contributed by atoms with Crippen LogP contribution in [0.1, 0.15) is 58.4 Å². The minimum Gasteiger partial charge on any atom is -0.493 e. The molecule has 0 aromatic heterocycles. The van der Waals surface area contributed by atoms with Crippen molar-refractivity contribution >= 4 is 17.7 Å². The molecule has 1 aliphatic carbocycles. The van der Waals surface area contributed by atoms with E-state index in [4.69, 9.17) is 14.2 Å². The Kier molecular flexibility index (Phi) is 7.95. The summed E-state index contributed by atoms with van der Waals surface area (Å²) in [6.45, 7) is 8.23. The minimum atomic E-state index is -0.923. The number of ether oxygens (including phenoxy) is 3. The van der Waals surface area contributed by atoms with Gasteiger partial charge < -0.3 is 19.5 Å². The van der Waals surface area contributed by atoms with Gasteiger partial charge in [0, 0.05) is 22.5 Å². The molecule has 1 heterocycles. The maximum Gasteiger partial charge on any atom is 0.336 e. The first-order chi connectivity index (χ1) is 15.8. The molecule has 7 nitrogen and oxygen atoms in total. The van der Waals surface area contributed by atoms with Crippen LogP contribution in [0.5, 0.6) is 5.75 Å². The first-order valence-electron chi connectivity index (χ1n) is 11.6. The molecular weight excluding hydrogens is 422 g/mol. The highest BCUT2D eigenvalue weighted by Crippen LogP contribution is 2.47. The molecule has 2 aliphatic rings. The number of benzene rings is 1. The molecule has 0 saturated heterocycles. The quantitative estimate of drug-likeness (QED) is 0.359. The Morgan fingerprint density at radius 3 is 2.58 bits per heavy atom. The van der Waals surface area contributed by atoms with Crippen LogP contribution in [-0.4, -0.2) is 38.0 Å². The van der Waals surface area contributed by atoms with Crippen LogP contribution < -0.4 is 10.1 Å². The molecule has 3 atom stereocenters. The Hall–Kier alpha value is -3.09. The standard InChI is InChI=1S/C26H33NO6/c1-6-8-13-33-19-12-10-9-11-17(19)22-21(26(30)32-7-2)16(4)27-18-14-15(3)20(25(29)31-5)24(28)23(18)22/h9-12,15,20,22,27H,6-8,13-14H2,1-5H3/t15-,20+,22-/m1/s1. The molecule has 1 aliphatic heterocycles. The van der Waals surface area contributed by atoms with E-state index >= 15 is 0 Å². The number of allylic oxidation sites excluding steroid dienone is 3. The van der Waals surface area contributed by atoms with E-state index in [0.29, 0.717) is 41.2 Å². The molecule has 0 radical (unpaired) electrons. The predicted octanol–water partition coefficient (Wildman–Crippen LogP) is 4.04. The van der Waals surface area contributed by atoms with Crippen molar-refractivity contribution in [1.82, 2.24) is 5.32 Å². The summed E-state index contributed by atoms with van der Waals surface area (Å²) in [6, 6.07) is 7.44. The molecule has 0 saturated carbocycles. The summed E-state index contributed by atoms with van der Waals surface area (Å²) in [5.74, 6) is -2.63. The maximum atomic E-state index is 13.7. The Morgan fingerprint density at radius 2 is 1.91 bits per heavy atom. The third kappa shape index (κ3) is 4.82. The van der Waals surface area contributed by atoms with E-state index in [1.165, 1.54) is 7.11 Å². The number of hydrogen-bond donors (Lipinski definition) is 1. The summed E-state index contributed by atoms with van der Waals surface area (Å²) in [7, 11) is 1.29. The van der Waals surface area contributed by atoms with Crippen LogP contribution in [0.2, 0.25) is 0 Å². The SMILES string of the molecule is CCCCOc1ccccc1[C@@H]1C(C(=O)OCC)=C(C)NC2=C1C(=O)[C@@H](C(=O)OC)[C@H](C)C2. The normalized spacial score (nSPS) is 22.5. The molecule has 1 aromatic carbocycles. The Balaban J connectivity index is 2.18. The molecule has 1 aromatic rings. The fraction of sp³-hybridized carbons (Fsp3) is 0.500. The second-order valence-electron chi connectivity index (χ2n) is 8.50. The molecule has 0 bridgehead atoms. The molecule has 3 rings (SSSR count). The number of unbranched alkanes of at least 4 members (excludes halogenated alkanes) is 1. The molecule has 7 heteroatoms. The van der Waals surface area contributed by atoms with Crippen LogP contribution in [0.25, 0.3) is 0 Å². The number of dihydropyridines is 1.